The molecule has 33 heavy (non-hydrogen) atoms. The Balaban J connectivity index is 1.77. The van der Waals surface area contributed by atoms with Crippen LogP contribution >= 0.6 is 0 Å². The van der Waals surface area contributed by atoms with Crippen LogP contribution in [0.1, 0.15) is 37.8 Å². The zero-order chi connectivity index (χ0) is 24.2. The van der Waals surface area contributed by atoms with Crippen LogP contribution in [0.5, 0.6) is 5.75 Å². The second-order valence-corrected chi connectivity index (χ2v) is 10.6. The van der Waals surface area contributed by atoms with Gasteiger partial charge in [-0.3, -0.25) is 9.59 Å². The summed E-state index contributed by atoms with van der Waals surface area (Å²) in [7, 11) is -2.32. The number of carbonyl (C=O) groups excluding carboxylic acids is 2. The van der Waals surface area contributed by atoms with E-state index in [4.69, 9.17) is 4.74 Å². The summed E-state index contributed by atoms with van der Waals surface area (Å²) in [4.78, 5) is 24.7. The normalized spacial score (nSPS) is 19.0. The number of hydrogen-bond donors (Lipinski definition) is 2. The molecule has 0 aromatic heterocycles. The number of carbonyl (C=O) groups is 2. The Labute approximate surface area is 195 Å². The maximum Gasteiger partial charge on any atom is 0.245 e. The third-order valence-electron chi connectivity index (χ3n) is 5.89. The third kappa shape index (κ3) is 5.72. The van der Waals surface area contributed by atoms with E-state index in [-0.39, 0.29) is 28.9 Å². The first-order valence-corrected chi connectivity index (χ1v) is 12.3. The second-order valence-electron chi connectivity index (χ2n) is 8.71. The molecule has 1 heterocycles. The Kier molecular flexibility index (Phi) is 7.44. The molecule has 1 aliphatic heterocycles. The van der Waals surface area contributed by atoms with Crippen molar-refractivity contribution in [2.75, 3.05) is 25.5 Å². The molecule has 1 saturated heterocycles. The van der Waals surface area contributed by atoms with E-state index in [0.29, 0.717) is 25.9 Å². The number of benzene rings is 2. The van der Waals surface area contributed by atoms with E-state index >= 15 is 0 Å². The molecule has 2 amide bonds. The molecular weight excluding hydrogens is 442 g/mol. The molecule has 3 rings (SSSR count). The fraction of sp³-hybridized carbons (Fsp3) is 0.417. The highest BCUT2D eigenvalue weighted by atomic mass is 32.2. The van der Waals surface area contributed by atoms with E-state index in [9.17, 15) is 18.0 Å². The molecule has 2 aromatic rings. The lowest BCUT2D eigenvalue weighted by molar-refractivity contribution is -0.132. The lowest BCUT2D eigenvalue weighted by atomic mass is 9.82. The quantitative estimate of drug-likeness (QED) is 0.643. The van der Waals surface area contributed by atoms with Gasteiger partial charge in [-0.15, -0.1) is 0 Å². The highest BCUT2D eigenvalue weighted by Gasteiger charge is 2.42. The number of sulfonamides is 1. The van der Waals surface area contributed by atoms with Crippen LogP contribution in [0.25, 0.3) is 0 Å². The topological polar surface area (TPSA) is 105 Å². The van der Waals surface area contributed by atoms with Gasteiger partial charge in [0.2, 0.25) is 21.8 Å². The third-order valence-corrected chi connectivity index (χ3v) is 7.77. The number of anilines is 1. The SMILES string of the molecule is COc1ccc(CNC(=O)[C@@]2(C)CCCN(S(=O)(=O)c3cc(C)ccc3NC(C)=O)C2)cc1. The lowest BCUT2D eigenvalue weighted by Gasteiger charge is -2.38. The molecule has 1 fully saturated rings. The lowest BCUT2D eigenvalue weighted by Crippen LogP contribution is -2.51. The van der Waals surface area contributed by atoms with Gasteiger partial charge >= 0.3 is 0 Å². The molecule has 9 heteroatoms. The van der Waals surface area contributed by atoms with Crippen molar-refractivity contribution < 1.29 is 22.7 Å². The van der Waals surface area contributed by atoms with Crippen LogP contribution < -0.4 is 15.4 Å². The van der Waals surface area contributed by atoms with Gasteiger partial charge < -0.3 is 15.4 Å². The first-order chi connectivity index (χ1) is 15.5. The van der Waals surface area contributed by atoms with Crippen molar-refractivity contribution in [3.05, 3.63) is 53.6 Å². The molecule has 0 radical (unpaired) electrons. The van der Waals surface area contributed by atoms with Gasteiger partial charge in [-0.2, -0.15) is 4.31 Å². The molecule has 0 aliphatic carbocycles. The molecule has 1 atom stereocenters. The minimum absolute atomic E-state index is 0.0422. The molecular formula is C24H31N3O5S. The van der Waals surface area contributed by atoms with Crippen LogP contribution in [0, 0.1) is 12.3 Å². The number of amides is 2. The molecule has 8 nitrogen and oxygen atoms in total. The minimum atomic E-state index is -3.92. The van der Waals surface area contributed by atoms with Crippen LogP contribution in [0.4, 0.5) is 5.69 Å². The van der Waals surface area contributed by atoms with Crippen molar-refractivity contribution in [3.8, 4) is 5.75 Å². The van der Waals surface area contributed by atoms with Gasteiger partial charge in [0.15, 0.2) is 0 Å². The van der Waals surface area contributed by atoms with Crippen molar-refractivity contribution >= 4 is 27.5 Å². The zero-order valence-corrected chi connectivity index (χ0v) is 20.3. The van der Waals surface area contributed by atoms with Gasteiger partial charge in [-0.05, 0) is 62.1 Å². The van der Waals surface area contributed by atoms with Crippen LogP contribution in [0.2, 0.25) is 0 Å². The predicted octanol–water partition coefficient (Wildman–Crippen LogP) is 3.07. The minimum Gasteiger partial charge on any atom is -0.497 e. The summed E-state index contributed by atoms with van der Waals surface area (Å²) in [5.74, 6) is 0.196. The summed E-state index contributed by atoms with van der Waals surface area (Å²) in [6.45, 7) is 5.65. The smallest absolute Gasteiger partial charge is 0.245 e. The Bertz CT molecular complexity index is 1130. The molecule has 0 saturated carbocycles. The average Bonchev–Trinajstić information content (AvgIpc) is 2.78. The Morgan fingerprint density at radius 1 is 1.15 bits per heavy atom. The van der Waals surface area contributed by atoms with E-state index in [0.717, 1.165) is 16.9 Å². The number of rotatable bonds is 7. The molecule has 1 aliphatic rings. The summed E-state index contributed by atoms with van der Waals surface area (Å²) < 4.78 is 33.5. The van der Waals surface area contributed by atoms with Gasteiger partial charge in [-0.25, -0.2) is 8.42 Å². The highest BCUT2D eigenvalue weighted by molar-refractivity contribution is 7.89. The van der Waals surface area contributed by atoms with Crippen LogP contribution in [-0.2, 0) is 26.2 Å². The number of ether oxygens (including phenoxy) is 1. The largest absolute Gasteiger partial charge is 0.497 e. The fourth-order valence-corrected chi connectivity index (χ4v) is 5.83. The molecule has 2 aromatic carbocycles. The molecule has 0 spiro atoms. The number of aryl methyl sites for hydroxylation is 1. The van der Waals surface area contributed by atoms with Gasteiger partial charge in [0.25, 0.3) is 0 Å². The van der Waals surface area contributed by atoms with E-state index < -0.39 is 15.4 Å². The van der Waals surface area contributed by atoms with Gasteiger partial charge in [0.05, 0.1) is 18.2 Å². The van der Waals surface area contributed by atoms with E-state index in [1.54, 1.807) is 39.2 Å². The summed E-state index contributed by atoms with van der Waals surface area (Å²) in [5.41, 5.74) is 1.06. The number of nitrogens with one attached hydrogen (secondary N) is 2. The summed E-state index contributed by atoms with van der Waals surface area (Å²) >= 11 is 0. The Morgan fingerprint density at radius 2 is 1.85 bits per heavy atom. The van der Waals surface area contributed by atoms with E-state index in [2.05, 4.69) is 10.6 Å². The van der Waals surface area contributed by atoms with Crippen LogP contribution in [0.15, 0.2) is 47.4 Å². The molecule has 0 unspecified atom stereocenters. The van der Waals surface area contributed by atoms with Crippen molar-refractivity contribution in [2.45, 2.75) is 45.1 Å². The van der Waals surface area contributed by atoms with E-state index in [1.165, 1.54) is 11.2 Å². The van der Waals surface area contributed by atoms with Crippen molar-refractivity contribution in [3.63, 3.8) is 0 Å². The summed E-state index contributed by atoms with van der Waals surface area (Å²) in [6.07, 6.45) is 1.15. The maximum absolute atomic E-state index is 13.5. The molecule has 178 valence electrons. The van der Waals surface area contributed by atoms with Crippen LogP contribution in [0.3, 0.4) is 0 Å². The first-order valence-electron chi connectivity index (χ1n) is 10.8. The number of piperidine rings is 1. The highest BCUT2D eigenvalue weighted by Crippen LogP contribution is 2.35. The fourth-order valence-electron chi connectivity index (χ4n) is 4.00. The average molecular weight is 474 g/mol. The number of methoxy groups -OCH3 is 1. The molecule has 2 N–H and O–H groups in total. The van der Waals surface area contributed by atoms with Crippen LogP contribution in [-0.4, -0.2) is 44.7 Å². The van der Waals surface area contributed by atoms with Crippen molar-refractivity contribution in [2.24, 2.45) is 5.41 Å². The summed E-state index contributed by atoms with van der Waals surface area (Å²) in [5, 5.41) is 5.55. The predicted molar refractivity (Wildman–Crippen MR) is 126 cm³/mol. The Morgan fingerprint density at radius 3 is 2.48 bits per heavy atom. The van der Waals surface area contributed by atoms with E-state index in [1.807, 2.05) is 24.3 Å². The van der Waals surface area contributed by atoms with Crippen molar-refractivity contribution in [1.82, 2.24) is 9.62 Å². The number of hydrogen-bond acceptors (Lipinski definition) is 5. The van der Waals surface area contributed by atoms with Gasteiger partial charge in [0, 0.05) is 26.6 Å². The standard InChI is InChI=1S/C24H31N3O5S/c1-17-6-11-21(26-18(2)28)22(14-17)33(30,31)27-13-5-12-24(3,16-27)23(29)25-15-19-7-9-20(32-4)10-8-19/h6-11,14H,5,12-13,15-16H2,1-4H3,(H,25,29)(H,26,28)/t24-/m0/s1. The van der Waals surface area contributed by atoms with Crippen molar-refractivity contribution in [1.29, 1.82) is 0 Å². The summed E-state index contributed by atoms with van der Waals surface area (Å²) in [6, 6.07) is 12.3. The van der Waals surface area contributed by atoms with Gasteiger partial charge in [0.1, 0.15) is 10.6 Å². The molecule has 0 bridgehead atoms. The Hall–Kier alpha value is -2.91. The zero-order valence-electron chi connectivity index (χ0n) is 19.5. The number of nitrogens with zero attached hydrogens (tertiary/aromatic N) is 1. The monoisotopic (exact) mass is 473 g/mol. The first kappa shape index (κ1) is 24.7. The second kappa shape index (κ2) is 9.93. The maximum atomic E-state index is 13.5. The van der Waals surface area contributed by atoms with Gasteiger partial charge in [-0.1, -0.05) is 18.2 Å².